The van der Waals surface area contributed by atoms with E-state index in [0.717, 1.165) is 16.1 Å². The number of hydrogen-bond donors (Lipinski definition) is 1. The first-order chi connectivity index (χ1) is 16.6. The third kappa shape index (κ3) is 6.88. The molecule has 1 N–H and O–H groups in total. The third-order valence-electron chi connectivity index (χ3n) is 5.62. The number of carbonyl (C=O) groups is 2. The molecule has 1 atom stereocenters. The highest BCUT2D eigenvalue weighted by molar-refractivity contribution is 7.92. The average Bonchev–Trinajstić information content (AvgIpc) is 3.27. The number of ether oxygens (including phenoxy) is 2. The van der Waals surface area contributed by atoms with Gasteiger partial charge < -0.3 is 19.7 Å². The van der Waals surface area contributed by atoms with Crippen molar-refractivity contribution in [2.45, 2.75) is 45.7 Å². The first-order valence-electron chi connectivity index (χ1n) is 11.6. The van der Waals surface area contributed by atoms with Crippen molar-refractivity contribution in [1.82, 2.24) is 10.2 Å². The molecule has 2 aromatic rings. The van der Waals surface area contributed by atoms with E-state index in [-0.39, 0.29) is 31.0 Å². The van der Waals surface area contributed by atoms with Crippen LogP contribution in [0.5, 0.6) is 11.5 Å². The summed E-state index contributed by atoms with van der Waals surface area (Å²) in [6, 6.07) is 13.5. The van der Waals surface area contributed by atoms with Crippen LogP contribution in [0.1, 0.15) is 32.8 Å². The summed E-state index contributed by atoms with van der Waals surface area (Å²) >= 11 is 0. The van der Waals surface area contributed by atoms with Gasteiger partial charge in [-0.05, 0) is 44.4 Å². The van der Waals surface area contributed by atoms with Crippen molar-refractivity contribution in [2.24, 2.45) is 0 Å². The van der Waals surface area contributed by atoms with Crippen LogP contribution in [0.15, 0.2) is 48.5 Å². The number of nitrogens with zero attached hydrogens (tertiary/aromatic N) is 2. The number of fused-ring (bicyclic) bond motifs is 1. The standard InChI is InChI=1S/C25H33N3O6S/c1-5-21(25(30)26-18(2)3)27(14-13-19-9-7-6-8-10-19)24(29)16-28(35(4,31)32)20-11-12-22-23(15-20)34-17-33-22/h6-12,15,18,21H,5,13-14,16-17H2,1-4H3,(H,26,30)/t21-/m0/s1. The minimum Gasteiger partial charge on any atom is -0.454 e. The highest BCUT2D eigenvalue weighted by atomic mass is 32.2. The summed E-state index contributed by atoms with van der Waals surface area (Å²) in [7, 11) is -3.81. The van der Waals surface area contributed by atoms with Gasteiger partial charge >= 0.3 is 0 Å². The number of benzene rings is 2. The zero-order valence-electron chi connectivity index (χ0n) is 20.6. The number of rotatable bonds is 11. The molecule has 2 aromatic carbocycles. The molecular weight excluding hydrogens is 470 g/mol. The van der Waals surface area contributed by atoms with Crippen LogP contribution >= 0.6 is 0 Å². The summed E-state index contributed by atoms with van der Waals surface area (Å²) in [5.74, 6) is 0.189. The maximum absolute atomic E-state index is 13.6. The summed E-state index contributed by atoms with van der Waals surface area (Å²) in [6.07, 6.45) is 1.96. The highest BCUT2D eigenvalue weighted by Crippen LogP contribution is 2.36. The monoisotopic (exact) mass is 503 g/mol. The molecule has 0 fully saturated rings. The Bertz CT molecular complexity index is 1140. The van der Waals surface area contributed by atoms with Gasteiger partial charge in [-0.1, -0.05) is 37.3 Å². The Balaban J connectivity index is 1.89. The molecule has 0 saturated heterocycles. The number of anilines is 1. The third-order valence-corrected chi connectivity index (χ3v) is 6.76. The Morgan fingerprint density at radius 3 is 2.37 bits per heavy atom. The van der Waals surface area contributed by atoms with Crippen molar-refractivity contribution in [2.75, 3.05) is 30.4 Å². The van der Waals surface area contributed by atoms with Gasteiger partial charge in [0.05, 0.1) is 11.9 Å². The topological polar surface area (TPSA) is 105 Å². The van der Waals surface area contributed by atoms with Crippen LogP contribution in [0.2, 0.25) is 0 Å². The first-order valence-corrected chi connectivity index (χ1v) is 13.5. The average molecular weight is 504 g/mol. The van der Waals surface area contributed by atoms with E-state index in [4.69, 9.17) is 9.47 Å². The van der Waals surface area contributed by atoms with Gasteiger partial charge in [0.1, 0.15) is 12.6 Å². The van der Waals surface area contributed by atoms with Crippen molar-refractivity contribution < 1.29 is 27.5 Å². The van der Waals surface area contributed by atoms with Crippen molar-refractivity contribution >= 4 is 27.5 Å². The predicted molar refractivity (Wildman–Crippen MR) is 134 cm³/mol. The Morgan fingerprint density at radius 1 is 1.06 bits per heavy atom. The number of amides is 2. The van der Waals surface area contributed by atoms with Crippen LogP contribution in [0.25, 0.3) is 0 Å². The molecule has 0 spiro atoms. The lowest BCUT2D eigenvalue weighted by Crippen LogP contribution is -2.54. The molecule has 0 aromatic heterocycles. The molecule has 0 unspecified atom stereocenters. The smallest absolute Gasteiger partial charge is 0.244 e. The van der Waals surface area contributed by atoms with E-state index in [0.29, 0.717) is 24.3 Å². The van der Waals surface area contributed by atoms with Crippen LogP contribution in [-0.2, 0) is 26.0 Å². The van der Waals surface area contributed by atoms with Crippen molar-refractivity contribution in [3.05, 3.63) is 54.1 Å². The zero-order chi connectivity index (χ0) is 25.6. The Morgan fingerprint density at radius 2 is 1.74 bits per heavy atom. The molecule has 0 aliphatic carbocycles. The molecule has 0 saturated carbocycles. The Labute approximate surface area is 207 Å². The van der Waals surface area contributed by atoms with E-state index >= 15 is 0 Å². The number of nitrogens with one attached hydrogen (secondary N) is 1. The fourth-order valence-corrected chi connectivity index (χ4v) is 4.77. The molecule has 190 valence electrons. The Hall–Kier alpha value is -3.27. The molecule has 0 bridgehead atoms. The second-order valence-electron chi connectivity index (χ2n) is 8.72. The van der Waals surface area contributed by atoms with E-state index in [9.17, 15) is 18.0 Å². The maximum atomic E-state index is 13.6. The maximum Gasteiger partial charge on any atom is 0.244 e. The zero-order valence-corrected chi connectivity index (χ0v) is 21.4. The molecule has 3 rings (SSSR count). The van der Waals surface area contributed by atoms with Crippen molar-refractivity contribution in [1.29, 1.82) is 0 Å². The van der Waals surface area contributed by atoms with Gasteiger partial charge in [0, 0.05) is 18.7 Å². The molecule has 1 heterocycles. The molecule has 35 heavy (non-hydrogen) atoms. The van der Waals surface area contributed by atoms with Crippen LogP contribution in [-0.4, -0.2) is 63.4 Å². The van der Waals surface area contributed by atoms with E-state index in [1.807, 2.05) is 51.1 Å². The number of hydrogen-bond acceptors (Lipinski definition) is 6. The van der Waals surface area contributed by atoms with E-state index in [2.05, 4.69) is 5.32 Å². The van der Waals surface area contributed by atoms with Gasteiger partial charge in [-0.2, -0.15) is 0 Å². The van der Waals surface area contributed by atoms with Crippen LogP contribution in [0, 0.1) is 0 Å². The lowest BCUT2D eigenvalue weighted by molar-refractivity contribution is -0.139. The fraction of sp³-hybridized carbons (Fsp3) is 0.440. The summed E-state index contributed by atoms with van der Waals surface area (Å²) in [5, 5.41) is 2.88. The highest BCUT2D eigenvalue weighted by Gasteiger charge is 2.32. The molecule has 9 nitrogen and oxygen atoms in total. The van der Waals surface area contributed by atoms with Crippen LogP contribution in [0.4, 0.5) is 5.69 Å². The molecular formula is C25H33N3O6S. The number of carbonyl (C=O) groups excluding carboxylic acids is 2. The molecule has 1 aliphatic heterocycles. The molecule has 1 aliphatic rings. The molecule has 10 heteroatoms. The SMILES string of the molecule is CC[C@@H](C(=O)NC(C)C)N(CCc1ccccc1)C(=O)CN(c1ccc2c(c1)OCO2)S(C)(=O)=O. The second-order valence-corrected chi connectivity index (χ2v) is 10.6. The van der Waals surface area contributed by atoms with Crippen LogP contribution < -0.4 is 19.1 Å². The van der Waals surface area contributed by atoms with Crippen molar-refractivity contribution in [3.63, 3.8) is 0 Å². The first kappa shape index (κ1) is 26.3. The normalized spacial score (nSPS) is 13.4. The minimum absolute atomic E-state index is 0.0486. The van der Waals surface area contributed by atoms with Gasteiger partial charge in [0.2, 0.25) is 28.6 Å². The van der Waals surface area contributed by atoms with E-state index < -0.39 is 28.5 Å². The molecule has 2 amide bonds. The largest absolute Gasteiger partial charge is 0.454 e. The quantitative estimate of drug-likeness (QED) is 0.505. The predicted octanol–water partition coefficient (Wildman–Crippen LogP) is 2.56. The summed E-state index contributed by atoms with van der Waals surface area (Å²) < 4.78 is 37.1. The lowest BCUT2D eigenvalue weighted by atomic mass is 10.1. The van der Waals surface area contributed by atoms with Gasteiger partial charge in [0.15, 0.2) is 11.5 Å². The van der Waals surface area contributed by atoms with Crippen molar-refractivity contribution in [3.8, 4) is 11.5 Å². The van der Waals surface area contributed by atoms with Gasteiger partial charge in [-0.25, -0.2) is 8.42 Å². The summed E-state index contributed by atoms with van der Waals surface area (Å²) in [4.78, 5) is 28.0. The van der Waals surface area contributed by atoms with E-state index in [1.165, 1.54) is 11.0 Å². The fourth-order valence-electron chi connectivity index (χ4n) is 3.93. The van der Waals surface area contributed by atoms with Gasteiger partial charge in [-0.15, -0.1) is 0 Å². The molecule has 0 radical (unpaired) electrons. The summed E-state index contributed by atoms with van der Waals surface area (Å²) in [5.41, 5.74) is 1.30. The Kier molecular flexibility index (Phi) is 8.61. The van der Waals surface area contributed by atoms with Crippen LogP contribution in [0.3, 0.4) is 0 Å². The van der Waals surface area contributed by atoms with Gasteiger partial charge in [-0.3, -0.25) is 13.9 Å². The van der Waals surface area contributed by atoms with Gasteiger partial charge in [0.25, 0.3) is 0 Å². The lowest BCUT2D eigenvalue weighted by Gasteiger charge is -2.33. The summed E-state index contributed by atoms with van der Waals surface area (Å²) in [6.45, 7) is 5.41. The minimum atomic E-state index is -3.81. The van der Waals surface area contributed by atoms with E-state index in [1.54, 1.807) is 12.1 Å². The number of sulfonamides is 1. The second kappa shape index (κ2) is 11.4.